The number of benzene rings is 1. The summed E-state index contributed by atoms with van der Waals surface area (Å²) in [6.45, 7) is 4.28. The Labute approximate surface area is 189 Å². The summed E-state index contributed by atoms with van der Waals surface area (Å²) in [7, 11) is 0. The Hall–Kier alpha value is -3.08. The van der Waals surface area contributed by atoms with Gasteiger partial charge in [-0.1, -0.05) is 12.1 Å². The van der Waals surface area contributed by atoms with E-state index in [9.17, 15) is 27.6 Å². The summed E-state index contributed by atoms with van der Waals surface area (Å²) in [5, 5.41) is 6.01. The van der Waals surface area contributed by atoms with Gasteiger partial charge >= 0.3 is 6.36 Å². The first-order valence-corrected chi connectivity index (χ1v) is 10.7. The van der Waals surface area contributed by atoms with E-state index in [4.69, 9.17) is 0 Å². The smallest absolute Gasteiger partial charge is 0.406 e. The van der Waals surface area contributed by atoms with Crippen LogP contribution in [0.5, 0.6) is 5.75 Å². The van der Waals surface area contributed by atoms with Crippen LogP contribution < -0.4 is 15.4 Å². The first-order chi connectivity index (χ1) is 15.6. The summed E-state index contributed by atoms with van der Waals surface area (Å²) in [5.74, 6) is -1.13. The van der Waals surface area contributed by atoms with E-state index in [1.807, 2.05) is 0 Å². The van der Waals surface area contributed by atoms with Crippen molar-refractivity contribution in [2.24, 2.45) is 0 Å². The number of ether oxygens (including phenoxy) is 1. The quantitative estimate of drug-likeness (QED) is 0.640. The lowest BCUT2D eigenvalue weighted by molar-refractivity contribution is -0.274. The van der Waals surface area contributed by atoms with Crippen molar-refractivity contribution in [3.63, 3.8) is 0 Å². The van der Waals surface area contributed by atoms with Crippen molar-refractivity contribution in [3.8, 4) is 5.75 Å². The lowest BCUT2D eigenvalue weighted by Gasteiger charge is -2.43. The second-order valence-electron chi connectivity index (χ2n) is 8.07. The topological polar surface area (TPSA) is 91.0 Å². The van der Waals surface area contributed by atoms with Crippen LogP contribution >= 0.6 is 0 Å². The van der Waals surface area contributed by atoms with Crippen molar-refractivity contribution >= 4 is 23.8 Å². The molecule has 1 aromatic rings. The fraction of sp³-hybridized carbons (Fsp3) is 0.500. The molecular weight excluding hydrogens is 441 g/mol. The number of piperazine rings is 1. The predicted octanol–water partition coefficient (Wildman–Crippen LogP) is 1.53. The number of carbonyl (C=O) groups excluding carboxylic acids is 3. The Morgan fingerprint density at radius 1 is 1.09 bits per heavy atom. The molecule has 0 radical (unpaired) electrons. The third-order valence-electron chi connectivity index (χ3n) is 5.76. The highest BCUT2D eigenvalue weighted by atomic mass is 19.4. The number of amides is 3. The van der Waals surface area contributed by atoms with Gasteiger partial charge in [0.1, 0.15) is 11.3 Å². The first kappa shape index (κ1) is 24.6. The average molecular weight is 468 g/mol. The molecule has 0 aromatic heterocycles. The maximum atomic E-state index is 13.4. The number of rotatable bonds is 5. The Kier molecular flexibility index (Phi) is 7.62. The van der Waals surface area contributed by atoms with Gasteiger partial charge in [0, 0.05) is 39.2 Å². The van der Waals surface area contributed by atoms with Crippen LogP contribution in [0.25, 0.3) is 6.08 Å². The lowest BCUT2D eigenvalue weighted by Crippen LogP contribution is -2.65. The standard InChI is InChI=1S/C22H27F3N4O4/c1-16(30)28-11-13-29(14-12-28)20(32)21(7-9-26-10-8-21)27-19(31)6-5-17-3-2-4-18(15-17)33-22(23,24)25/h2-6,15,26H,7-14H2,1H3,(H,27,31)/b6-5+. The molecule has 3 rings (SSSR count). The number of carbonyl (C=O) groups is 3. The van der Waals surface area contributed by atoms with Crippen LogP contribution in [0.3, 0.4) is 0 Å². The summed E-state index contributed by atoms with van der Waals surface area (Å²) in [4.78, 5) is 41.0. The van der Waals surface area contributed by atoms with Crippen LogP contribution in [0.15, 0.2) is 30.3 Å². The molecule has 0 aliphatic carbocycles. The molecule has 0 spiro atoms. The summed E-state index contributed by atoms with van der Waals surface area (Å²) >= 11 is 0. The number of hydrogen-bond acceptors (Lipinski definition) is 5. The Balaban J connectivity index is 1.68. The van der Waals surface area contributed by atoms with Crippen LogP contribution in [0, 0.1) is 0 Å². The number of nitrogens with zero attached hydrogens (tertiary/aromatic N) is 2. The Morgan fingerprint density at radius 3 is 2.33 bits per heavy atom. The zero-order valence-electron chi connectivity index (χ0n) is 18.3. The molecule has 2 fully saturated rings. The van der Waals surface area contributed by atoms with Gasteiger partial charge in [-0.25, -0.2) is 0 Å². The van der Waals surface area contributed by atoms with Gasteiger partial charge in [-0.2, -0.15) is 0 Å². The molecule has 2 N–H and O–H groups in total. The number of alkyl halides is 3. The van der Waals surface area contributed by atoms with Crippen molar-refractivity contribution in [2.75, 3.05) is 39.3 Å². The van der Waals surface area contributed by atoms with Crippen molar-refractivity contribution < 1.29 is 32.3 Å². The van der Waals surface area contributed by atoms with Gasteiger partial charge in [0.05, 0.1) is 0 Å². The summed E-state index contributed by atoms with van der Waals surface area (Å²) in [6.07, 6.45) is -1.43. The third kappa shape index (κ3) is 6.70. The summed E-state index contributed by atoms with van der Waals surface area (Å²) < 4.78 is 41.1. The van der Waals surface area contributed by atoms with Gasteiger partial charge in [0.15, 0.2) is 0 Å². The fourth-order valence-electron chi connectivity index (χ4n) is 4.04. The molecule has 2 heterocycles. The highest BCUT2D eigenvalue weighted by molar-refractivity contribution is 5.97. The summed E-state index contributed by atoms with van der Waals surface area (Å²) in [5.41, 5.74) is -0.732. The molecule has 1 aromatic carbocycles. The van der Waals surface area contributed by atoms with E-state index >= 15 is 0 Å². The molecule has 180 valence electrons. The number of piperidine rings is 1. The van der Waals surface area contributed by atoms with Crippen molar-refractivity contribution in [3.05, 3.63) is 35.9 Å². The van der Waals surface area contributed by atoms with Crippen LogP contribution in [0.4, 0.5) is 13.2 Å². The molecule has 11 heteroatoms. The van der Waals surface area contributed by atoms with E-state index < -0.39 is 17.8 Å². The van der Waals surface area contributed by atoms with Gasteiger partial charge < -0.3 is 25.2 Å². The largest absolute Gasteiger partial charge is 0.573 e. The minimum absolute atomic E-state index is 0.0400. The SMILES string of the molecule is CC(=O)N1CCN(C(=O)C2(NC(=O)/C=C/c3cccc(OC(F)(F)F)c3)CCNCC2)CC1. The molecule has 2 aliphatic rings. The first-order valence-electron chi connectivity index (χ1n) is 10.7. The van der Waals surface area contributed by atoms with E-state index in [1.54, 1.807) is 9.80 Å². The zero-order valence-corrected chi connectivity index (χ0v) is 18.3. The Morgan fingerprint density at radius 2 is 1.73 bits per heavy atom. The predicted molar refractivity (Wildman–Crippen MR) is 114 cm³/mol. The van der Waals surface area contributed by atoms with Crippen molar-refractivity contribution in [1.29, 1.82) is 0 Å². The van der Waals surface area contributed by atoms with E-state index in [1.165, 1.54) is 37.3 Å². The van der Waals surface area contributed by atoms with E-state index in [0.717, 1.165) is 6.07 Å². The van der Waals surface area contributed by atoms with Gasteiger partial charge in [0.25, 0.3) is 0 Å². The van der Waals surface area contributed by atoms with Gasteiger partial charge in [-0.05, 0) is 49.7 Å². The van der Waals surface area contributed by atoms with Crippen LogP contribution in [0.2, 0.25) is 0 Å². The normalized spacial score (nSPS) is 18.8. The molecule has 0 saturated carbocycles. The molecule has 2 aliphatic heterocycles. The van der Waals surface area contributed by atoms with Gasteiger partial charge in [0.2, 0.25) is 17.7 Å². The van der Waals surface area contributed by atoms with Crippen LogP contribution in [-0.2, 0) is 14.4 Å². The van der Waals surface area contributed by atoms with Crippen molar-refractivity contribution in [2.45, 2.75) is 31.7 Å². The number of hydrogen-bond donors (Lipinski definition) is 2. The minimum Gasteiger partial charge on any atom is -0.406 e. The zero-order chi connectivity index (χ0) is 24.1. The molecule has 33 heavy (non-hydrogen) atoms. The molecule has 0 unspecified atom stereocenters. The van der Waals surface area contributed by atoms with Crippen LogP contribution in [-0.4, -0.2) is 78.7 Å². The molecule has 3 amide bonds. The maximum absolute atomic E-state index is 13.4. The molecule has 0 atom stereocenters. The monoisotopic (exact) mass is 468 g/mol. The number of halogens is 3. The van der Waals surface area contributed by atoms with Gasteiger partial charge in [-0.15, -0.1) is 13.2 Å². The second-order valence-corrected chi connectivity index (χ2v) is 8.07. The second kappa shape index (κ2) is 10.2. The average Bonchev–Trinajstić information content (AvgIpc) is 2.77. The molecular formula is C22H27F3N4O4. The molecule has 2 saturated heterocycles. The fourth-order valence-corrected chi connectivity index (χ4v) is 4.04. The van der Waals surface area contributed by atoms with E-state index in [2.05, 4.69) is 15.4 Å². The minimum atomic E-state index is -4.81. The maximum Gasteiger partial charge on any atom is 0.573 e. The highest BCUT2D eigenvalue weighted by Crippen LogP contribution is 2.25. The molecule has 0 bridgehead atoms. The third-order valence-corrected chi connectivity index (χ3v) is 5.76. The highest BCUT2D eigenvalue weighted by Gasteiger charge is 2.43. The van der Waals surface area contributed by atoms with Crippen molar-refractivity contribution in [1.82, 2.24) is 20.4 Å². The van der Waals surface area contributed by atoms with Crippen LogP contribution in [0.1, 0.15) is 25.3 Å². The summed E-state index contributed by atoms with van der Waals surface area (Å²) in [6, 6.07) is 5.25. The molecule has 8 nitrogen and oxygen atoms in total. The lowest BCUT2D eigenvalue weighted by atomic mass is 9.86. The van der Waals surface area contributed by atoms with Gasteiger partial charge in [-0.3, -0.25) is 14.4 Å². The number of nitrogens with one attached hydrogen (secondary N) is 2. The van der Waals surface area contributed by atoms with E-state index in [0.29, 0.717) is 57.7 Å². The van der Waals surface area contributed by atoms with E-state index in [-0.39, 0.29) is 17.6 Å². The Bertz CT molecular complexity index is 905.